The van der Waals surface area contributed by atoms with E-state index in [0.29, 0.717) is 32.6 Å². The van der Waals surface area contributed by atoms with Gasteiger partial charge in [0.25, 0.3) is 5.56 Å². The van der Waals surface area contributed by atoms with Crippen molar-refractivity contribution >= 4 is 44.1 Å². The van der Waals surface area contributed by atoms with Crippen molar-refractivity contribution in [1.82, 2.24) is 9.97 Å². The zero-order valence-electron chi connectivity index (χ0n) is 11.4. The average molecular weight is 383 g/mol. The van der Waals surface area contributed by atoms with Crippen molar-refractivity contribution in [3.63, 3.8) is 0 Å². The fourth-order valence-electron chi connectivity index (χ4n) is 2.30. The maximum Gasteiger partial charge on any atom is 0.256 e. The number of benzene rings is 1. The quantitative estimate of drug-likeness (QED) is 0.624. The minimum absolute atomic E-state index is 0.0673. The lowest BCUT2D eigenvalue weighted by Gasteiger charge is -2.09. The van der Waals surface area contributed by atoms with E-state index in [1.807, 2.05) is 0 Å². The van der Waals surface area contributed by atoms with Crippen LogP contribution in [0.3, 0.4) is 0 Å². The van der Waals surface area contributed by atoms with Crippen molar-refractivity contribution in [2.75, 3.05) is 5.73 Å². The molecular weight excluding hydrogens is 373 g/mol. The van der Waals surface area contributed by atoms with Gasteiger partial charge in [-0.05, 0) is 46.6 Å². The van der Waals surface area contributed by atoms with E-state index in [2.05, 4.69) is 25.9 Å². The molecule has 3 aromatic rings. The number of halogens is 3. The molecule has 112 valence electrons. The third kappa shape index (κ3) is 2.38. The van der Waals surface area contributed by atoms with Crippen molar-refractivity contribution in [2.24, 2.45) is 0 Å². The molecule has 0 amide bonds. The van der Waals surface area contributed by atoms with Gasteiger partial charge >= 0.3 is 0 Å². The van der Waals surface area contributed by atoms with Crippen LogP contribution in [0.5, 0.6) is 0 Å². The molecule has 2 heterocycles. The third-order valence-corrected chi connectivity index (χ3v) is 4.45. The van der Waals surface area contributed by atoms with Crippen LogP contribution in [0.1, 0.15) is 5.69 Å². The van der Waals surface area contributed by atoms with Crippen molar-refractivity contribution in [3.8, 4) is 11.1 Å². The fraction of sp³-hybridized carbons (Fsp3) is 0.0667. The molecule has 3 rings (SSSR count). The number of aryl methyl sites for hydroxylation is 1. The second-order valence-corrected chi connectivity index (χ2v) is 6.08. The van der Waals surface area contributed by atoms with Crippen LogP contribution in [0.2, 0.25) is 5.02 Å². The molecule has 2 aromatic heterocycles. The minimum Gasteiger partial charge on any atom is -0.383 e. The highest BCUT2D eigenvalue weighted by Gasteiger charge is 2.13. The van der Waals surface area contributed by atoms with Gasteiger partial charge in [-0.25, -0.2) is 4.98 Å². The molecule has 7 heteroatoms. The normalized spacial score (nSPS) is 11.1. The fourth-order valence-corrected chi connectivity index (χ4v) is 2.82. The summed E-state index contributed by atoms with van der Waals surface area (Å²) in [6, 6.07) is 6.68. The van der Waals surface area contributed by atoms with Crippen LogP contribution < -0.4 is 11.3 Å². The highest BCUT2D eigenvalue weighted by Crippen LogP contribution is 2.32. The summed E-state index contributed by atoms with van der Waals surface area (Å²) in [5.74, 6) is -0.606. The average Bonchev–Trinajstić information content (AvgIpc) is 2.48. The number of rotatable bonds is 1. The summed E-state index contributed by atoms with van der Waals surface area (Å²) in [5, 5.41) is 1.55. The molecule has 0 atom stereocenters. The van der Waals surface area contributed by atoms with Gasteiger partial charge in [0, 0.05) is 22.0 Å². The monoisotopic (exact) mass is 381 g/mol. The number of nitrogens with two attached hydrogens (primary N) is 1. The van der Waals surface area contributed by atoms with Crippen LogP contribution in [-0.2, 0) is 0 Å². The zero-order valence-corrected chi connectivity index (χ0v) is 13.7. The van der Waals surface area contributed by atoms with Crippen molar-refractivity contribution in [1.29, 1.82) is 0 Å². The summed E-state index contributed by atoms with van der Waals surface area (Å²) >= 11 is 9.36. The van der Waals surface area contributed by atoms with Crippen molar-refractivity contribution in [2.45, 2.75) is 6.92 Å². The van der Waals surface area contributed by atoms with Gasteiger partial charge in [-0.3, -0.25) is 4.79 Å². The first kappa shape index (κ1) is 15.0. The molecule has 0 spiro atoms. The van der Waals surface area contributed by atoms with E-state index in [0.717, 1.165) is 0 Å². The smallest absolute Gasteiger partial charge is 0.256 e. The summed E-state index contributed by atoms with van der Waals surface area (Å²) in [6.45, 7) is 1.72. The predicted molar refractivity (Wildman–Crippen MR) is 89.6 cm³/mol. The number of anilines is 1. The van der Waals surface area contributed by atoms with Gasteiger partial charge in [-0.15, -0.1) is 0 Å². The lowest BCUT2D eigenvalue weighted by atomic mass is 10.0. The summed E-state index contributed by atoms with van der Waals surface area (Å²) in [7, 11) is 0. The molecule has 0 bridgehead atoms. The number of aromatic nitrogens is 2. The molecule has 3 N–H and O–H groups in total. The highest BCUT2D eigenvalue weighted by molar-refractivity contribution is 9.10. The maximum absolute atomic E-state index is 13.4. The third-order valence-electron chi connectivity index (χ3n) is 3.40. The Hall–Kier alpha value is -1.92. The van der Waals surface area contributed by atoms with Gasteiger partial charge in [-0.2, -0.15) is 4.39 Å². The number of aromatic amines is 1. The van der Waals surface area contributed by atoms with Crippen LogP contribution in [0.25, 0.3) is 21.9 Å². The summed E-state index contributed by atoms with van der Waals surface area (Å²) < 4.78 is 13.6. The van der Waals surface area contributed by atoms with Gasteiger partial charge in [0.1, 0.15) is 5.82 Å². The van der Waals surface area contributed by atoms with Gasteiger partial charge in [-0.1, -0.05) is 17.7 Å². The van der Waals surface area contributed by atoms with E-state index in [9.17, 15) is 9.18 Å². The molecule has 22 heavy (non-hydrogen) atoms. The molecule has 0 aliphatic carbocycles. The molecule has 4 nitrogen and oxygen atoms in total. The predicted octanol–water partition coefficient (Wildman–Crippen LogP) is 4.04. The van der Waals surface area contributed by atoms with Crippen molar-refractivity contribution < 1.29 is 4.39 Å². The molecule has 0 saturated heterocycles. The Labute approximate surface area is 138 Å². The molecule has 0 saturated carbocycles. The molecule has 0 fully saturated rings. The van der Waals surface area contributed by atoms with E-state index >= 15 is 0 Å². The summed E-state index contributed by atoms with van der Waals surface area (Å²) in [5.41, 5.74) is 7.42. The Morgan fingerprint density at radius 1 is 1.32 bits per heavy atom. The van der Waals surface area contributed by atoms with E-state index < -0.39 is 5.95 Å². The molecule has 0 unspecified atom stereocenters. The van der Waals surface area contributed by atoms with Gasteiger partial charge in [0.15, 0.2) is 0 Å². The van der Waals surface area contributed by atoms with E-state index in [4.69, 9.17) is 17.3 Å². The minimum atomic E-state index is -0.674. The van der Waals surface area contributed by atoms with Crippen molar-refractivity contribution in [3.05, 3.63) is 55.8 Å². The standard InChI is InChI=1S/C15H10BrClFN3O/c1-6-12(17)10-4-7(2-3-8(10)15(22)20-6)9-5-11(16)13(18)21-14(9)19/h2-5H,1H3,(H2,19,21)(H,20,22). The molecular formula is C15H10BrClFN3O. The Morgan fingerprint density at radius 2 is 2.05 bits per heavy atom. The number of fused-ring (bicyclic) bond motifs is 1. The molecule has 0 aliphatic rings. The molecule has 0 radical (unpaired) electrons. The zero-order chi connectivity index (χ0) is 16.0. The van der Waals surface area contributed by atoms with Gasteiger partial charge in [0.05, 0.1) is 9.50 Å². The lowest BCUT2D eigenvalue weighted by Crippen LogP contribution is -2.08. The Bertz CT molecular complexity index is 971. The number of H-pyrrole nitrogens is 1. The largest absolute Gasteiger partial charge is 0.383 e. The number of pyridine rings is 2. The van der Waals surface area contributed by atoms with Crippen LogP contribution >= 0.6 is 27.5 Å². The van der Waals surface area contributed by atoms with Gasteiger partial charge < -0.3 is 10.7 Å². The lowest BCUT2D eigenvalue weighted by molar-refractivity contribution is 0.579. The van der Waals surface area contributed by atoms with Crippen LogP contribution in [0.4, 0.5) is 10.2 Å². The Morgan fingerprint density at radius 3 is 2.77 bits per heavy atom. The number of hydrogen-bond acceptors (Lipinski definition) is 3. The van der Waals surface area contributed by atoms with E-state index in [-0.39, 0.29) is 15.8 Å². The van der Waals surface area contributed by atoms with Crippen LogP contribution in [0.15, 0.2) is 33.5 Å². The molecule has 0 aliphatic heterocycles. The number of nitrogen functional groups attached to an aromatic ring is 1. The van der Waals surface area contributed by atoms with E-state index in [1.54, 1.807) is 31.2 Å². The highest BCUT2D eigenvalue weighted by atomic mass is 79.9. The second-order valence-electron chi connectivity index (χ2n) is 4.85. The number of nitrogens with zero attached hydrogens (tertiary/aromatic N) is 1. The first-order chi connectivity index (χ1) is 10.4. The first-order valence-corrected chi connectivity index (χ1v) is 7.49. The van der Waals surface area contributed by atoms with Gasteiger partial charge in [0.2, 0.25) is 5.95 Å². The van der Waals surface area contributed by atoms with Crippen LogP contribution in [-0.4, -0.2) is 9.97 Å². The maximum atomic E-state index is 13.4. The SMILES string of the molecule is Cc1[nH]c(=O)c2ccc(-c3cc(Br)c(F)nc3N)cc2c1Cl. The topological polar surface area (TPSA) is 71.8 Å². The first-order valence-electron chi connectivity index (χ1n) is 6.32. The second kappa shape index (κ2) is 5.37. The molecule has 1 aromatic carbocycles. The summed E-state index contributed by atoms with van der Waals surface area (Å²) in [6.07, 6.45) is 0. The Balaban J connectivity index is 2.32. The van der Waals surface area contributed by atoms with Crippen LogP contribution in [0, 0.1) is 12.9 Å². The van der Waals surface area contributed by atoms with E-state index in [1.165, 1.54) is 0 Å². The summed E-state index contributed by atoms with van der Waals surface area (Å²) in [4.78, 5) is 18.3. The Kier molecular flexibility index (Phi) is 3.66. The number of nitrogens with one attached hydrogen (secondary N) is 1. The number of hydrogen-bond donors (Lipinski definition) is 2.